The number of nitrogens with two attached hydrogens (primary N) is 1. The van der Waals surface area contributed by atoms with Crippen LogP contribution in [0, 0.1) is 0 Å². The number of rotatable bonds is 13. The Kier molecular flexibility index (Phi) is 11.2. The number of likely N-dealkylation sites (tertiary alicyclic amines) is 1. The molecule has 1 rings (SSSR count). The van der Waals surface area contributed by atoms with E-state index in [1.807, 2.05) is 0 Å². The predicted molar refractivity (Wildman–Crippen MR) is 111 cm³/mol. The smallest absolute Gasteiger partial charge is 0.322 e. The number of esters is 2. The number of ketones is 1. The minimum absolute atomic E-state index is 0.0236. The van der Waals surface area contributed by atoms with Crippen LogP contribution in [0.1, 0.15) is 39.0 Å². The van der Waals surface area contributed by atoms with Gasteiger partial charge in [0.1, 0.15) is 6.04 Å². The number of nitrogens with zero attached hydrogens (tertiary/aromatic N) is 1. The van der Waals surface area contributed by atoms with Gasteiger partial charge in [0.25, 0.3) is 0 Å². The van der Waals surface area contributed by atoms with Crippen LogP contribution in [-0.2, 0) is 38.2 Å². The second-order valence-electron chi connectivity index (χ2n) is 6.83. The molecule has 0 saturated carbocycles. The summed E-state index contributed by atoms with van der Waals surface area (Å²) >= 11 is 1.10. The quantitative estimate of drug-likeness (QED) is 0.262. The van der Waals surface area contributed by atoms with Crippen LogP contribution in [0.2, 0.25) is 0 Å². The number of imide groups is 1. The highest BCUT2D eigenvalue weighted by atomic mass is 32.2. The van der Waals surface area contributed by atoms with E-state index in [9.17, 15) is 28.8 Å². The van der Waals surface area contributed by atoms with Crippen LogP contribution in [0.5, 0.6) is 0 Å². The fraction of sp³-hybridized carbons (Fsp3) is 0.684. The van der Waals surface area contributed by atoms with Crippen LogP contribution in [0.25, 0.3) is 0 Å². The normalized spacial score (nSPS) is 17.8. The number of methoxy groups -OCH3 is 2. The Hall–Kier alpha value is -2.47. The van der Waals surface area contributed by atoms with Gasteiger partial charge in [-0.3, -0.25) is 33.7 Å². The van der Waals surface area contributed by atoms with E-state index in [1.54, 1.807) is 6.92 Å². The molecule has 31 heavy (non-hydrogen) atoms. The van der Waals surface area contributed by atoms with Gasteiger partial charge >= 0.3 is 11.9 Å². The topological polar surface area (TPSA) is 162 Å². The number of hydrogen-bond acceptors (Lipinski definition) is 10. The van der Waals surface area contributed by atoms with Crippen molar-refractivity contribution < 1.29 is 38.2 Å². The van der Waals surface area contributed by atoms with Gasteiger partial charge in [-0.05, 0) is 13.3 Å². The first-order chi connectivity index (χ1) is 14.6. The molecule has 1 saturated heterocycles. The van der Waals surface area contributed by atoms with Gasteiger partial charge in [0.15, 0.2) is 5.78 Å². The average molecular weight is 460 g/mol. The monoisotopic (exact) mass is 459 g/mol. The molecule has 0 aromatic heterocycles. The number of hydrogen-bond donors (Lipinski definition) is 2. The van der Waals surface area contributed by atoms with E-state index < -0.39 is 41.0 Å². The van der Waals surface area contributed by atoms with Gasteiger partial charge in [0.05, 0.1) is 31.9 Å². The van der Waals surface area contributed by atoms with Crippen LogP contribution < -0.4 is 11.1 Å². The third-order valence-electron chi connectivity index (χ3n) is 4.70. The highest BCUT2D eigenvalue weighted by Gasteiger charge is 2.38. The van der Waals surface area contributed by atoms with Crippen molar-refractivity contribution in [1.82, 2.24) is 10.2 Å². The molecule has 12 heteroatoms. The summed E-state index contributed by atoms with van der Waals surface area (Å²) in [7, 11) is 2.39. The predicted octanol–water partition coefficient (Wildman–Crippen LogP) is -0.845. The van der Waals surface area contributed by atoms with E-state index in [0.717, 1.165) is 16.7 Å². The van der Waals surface area contributed by atoms with Gasteiger partial charge < -0.3 is 20.5 Å². The zero-order valence-electron chi connectivity index (χ0n) is 17.9. The fourth-order valence-corrected chi connectivity index (χ4v) is 4.09. The van der Waals surface area contributed by atoms with E-state index in [0.29, 0.717) is 0 Å². The van der Waals surface area contributed by atoms with E-state index in [1.165, 1.54) is 14.2 Å². The number of carbonyl (C=O) groups excluding carboxylic acids is 6. The molecule has 1 aliphatic rings. The summed E-state index contributed by atoms with van der Waals surface area (Å²) in [6.45, 7) is 1.97. The van der Waals surface area contributed by atoms with Crippen LogP contribution >= 0.6 is 11.8 Å². The molecule has 0 aliphatic carbocycles. The molecule has 3 atom stereocenters. The second-order valence-corrected chi connectivity index (χ2v) is 8.07. The van der Waals surface area contributed by atoms with Crippen LogP contribution in [0.3, 0.4) is 0 Å². The lowest BCUT2D eigenvalue weighted by molar-refractivity contribution is -0.142. The SMILES string of the molecule is CCN1C(=O)CC(SCC(NC(=O)CCC(N)C(=O)OC)C(=O)CCC(=O)OC)C1=O. The van der Waals surface area contributed by atoms with Crippen molar-refractivity contribution in [2.75, 3.05) is 26.5 Å². The maximum Gasteiger partial charge on any atom is 0.322 e. The lowest BCUT2D eigenvalue weighted by atomic mass is 10.1. The number of Topliss-reactive ketones (excluding diaryl/α,β-unsaturated/α-hetero) is 1. The van der Waals surface area contributed by atoms with E-state index in [-0.39, 0.29) is 56.2 Å². The summed E-state index contributed by atoms with van der Waals surface area (Å²) in [6, 6.07) is -1.95. The highest BCUT2D eigenvalue weighted by molar-refractivity contribution is 8.00. The van der Waals surface area contributed by atoms with Crippen LogP contribution in [0.15, 0.2) is 0 Å². The maximum absolute atomic E-state index is 12.6. The number of amides is 3. The molecular formula is C19H29N3O8S. The molecule has 3 amide bonds. The second kappa shape index (κ2) is 13.1. The van der Waals surface area contributed by atoms with Gasteiger partial charge in [-0.25, -0.2) is 0 Å². The van der Waals surface area contributed by atoms with Gasteiger partial charge in [0.2, 0.25) is 17.7 Å². The molecule has 0 spiro atoms. The molecule has 11 nitrogen and oxygen atoms in total. The summed E-state index contributed by atoms with van der Waals surface area (Å²) in [4.78, 5) is 72.8. The molecule has 1 heterocycles. The number of thioether (sulfide) groups is 1. The third kappa shape index (κ3) is 8.29. The van der Waals surface area contributed by atoms with Crippen LogP contribution in [0.4, 0.5) is 0 Å². The van der Waals surface area contributed by atoms with Gasteiger partial charge in [0, 0.05) is 31.6 Å². The fourth-order valence-electron chi connectivity index (χ4n) is 2.87. The maximum atomic E-state index is 12.6. The first kappa shape index (κ1) is 26.6. The van der Waals surface area contributed by atoms with Gasteiger partial charge in [-0.1, -0.05) is 0 Å². The van der Waals surface area contributed by atoms with Crippen molar-refractivity contribution in [3.63, 3.8) is 0 Å². The molecule has 1 fully saturated rings. The Labute approximate surface area is 184 Å². The first-order valence-electron chi connectivity index (χ1n) is 9.82. The Morgan fingerprint density at radius 1 is 1.16 bits per heavy atom. The number of carbonyl (C=O) groups is 6. The van der Waals surface area contributed by atoms with Crippen molar-refractivity contribution in [2.24, 2.45) is 5.73 Å². The van der Waals surface area contributed by atoms with Gasteiger partial charge in [-0.15, -0.1) is 11.8 Å². The van der Waals surface area contributed by atoms with E-state index in [2.05, 4.69) is 14.8 Å². The number of nitrogens with one attached hydrogen (secondary N) is 1. The standard InChI is InChI=1S/C19H29N3O8S/c1-4-22-16(25)9-14(18(22)27)31-10-12(13(23)6-8-17(26)29-2)21-15(24)7-5-11(20)19(28)30-3/h11-12,14H,4-10,20H2,1-3H3,(H,21,24). The highest BCUT2D eigenvalue weighted by Crippen LogP contribution is 2.26. The van der Waals surface area contributed by atoms with Crippen LogP contribution in [-0.4, -0.2) is 84.2 Å². The van der Waals surface area contributed by atoms with E-state index in [4.69, 9.17) is 5.73 Å². The lowest BCUT2D eigenvalue weighted by Gasteiger charge is -2.19. The molecule has 3 unspecified atom stereocenters. The van der Waals surface area contributed by atoms with Crippen molar-refractivity contribution >= 4 is 47.2 Å². The summed E-state index contributed by atoms with van der Waals surface area (Å²) < 4.78 is 9.02. The van der Waals surface area contributed by atoms with Crippen molar-refractivity contribution in [3.8, 4) is 0 Å². The molecule has 1 aliphatic heterocycles. The summed E-state index contributed by atoms with van der Waals surface area (Å²) in [5.41, 5.74) is 5.61. The van der Waals surface area contributed by atoms with Crippen molar-refractivity contribution in [2.45, 2.75) is 56.4 Å². The Morgan fingerprint density at radius 3 is 2.39 bits per heavy atom. The molecule has 0 bridgehead atoms. The largest absolute Gasteiger partial charge is 0.469 e. The Balaban J connectivity index is 2.72. The van der Waals surface area contributed by atoms with Gasteiger partial charge in [-0.2, -0.15) is 0 Å². The molecule has 3 N–H and O–H groups in total. The van der Waals surface area contributed by atoms with Crippen molar-refractivity contribution in [3.05, 3.63) is 0 Å². The zero-order chi connectivity index (χ0) is 23.6. The molecule has 0 aromatic rings. The minimum Gasteiger partial charge on any atom is -0.469 e. The summed E-state index contributed by atoms with van der Waals surface area (Å²) in [6.07, 6.45) is -0.368. The molecule has 0 aromatic carbocycles. The first-order valence-corrected chi connectivity index (χ1v) is 10.9. The Bertz CT molecular complexity index is 714. The number of ether oxygens (including phenoxy) is 2. The minimum atomic E-state index is -0.977. The molecule has 174 valence electrons. The Morgan fingerprint density at radius 2 is 1.84 bits per heavy atom. The zero-order valence-corrected chi connectivity index (χ0v) is 18.7. The third-order valence-corrected chi connectivity index (χ3v) is 5.99. The summed E-state index contributed by atoms with van der Waals surface area (Å²) in [5.74, 6) is -2.69. The average Bonchev–Trinajstić information content (AvgIpc) is 3.04. The van der Waals surface area contributed by atoms with Crippen molar-refractivity contribution in [1.29, 1.82) is 0 Å². The molecular weight excluding hydrogens is 430 g/mol. The summed E-state index contributed by atoms with van der Waals surface area (Å²) in [5, 5.41) is 1.94. The lowest BCUT2D eigenvalue weighted by Crippen LogP contribution is -2.44. The molecule has 0 radical (unpaired) electrons. The van der Waals surface area contributed by atoms with E-state index >= 15 is 0 Å².